The van der Waals surface area contributed by atoms with Crippen LogP contribution < -0.4 is 4.90 Å². The summed E-state index contributed by atoms with van der Waals surface area (Å²) >= 11 is 11.8. The van der Waals surface area contributed by atoms with Crippen LogP contribution in [-0.4, -0.2) is 40.8 Å². The summed E-state index contributed by atoms with van der Waals surface area (Å²) in [5, 5.41) is 7.44. The van der Waals surface area contributed by atoms with Crippen molar-refractivity contribution in [3.8, 4) is 0 Å². The summed E-state index contributed by atoms with van der Waals surface area (Å²) < 4.78 is 4.84. The number of ether oxygens (including phenoxy) is 1. The van der Waals surface area contributed by atoms with Crippen molar-refractivity contribution in [2.45, 2.75) is 25.3 Å². The van der Waals surface area contributed by atoms with E-state index in [4.69, 9.17) is 27.9 Å². The van der Waals surface area contributed by atoms with E-state index in [9.17, 15) is 19.3 Å². The highest BCUT2D eigenvalue weighted by Gasteiger charge is 2.61. The molecule has 1 aromatic carbocycles. The van der Waals surface area contributed by atoms with E-state index in [1.165, 1.54) is 18.2 Å². The fourth-order valence-corrected chi connectivity index (χ4v) is 3.22. The molecule has 2 heterocycles. The molecule has 0 saturated carbocycles. The zero-order chi connectivity index (χ0) is 19.1. The van der Waals surface area contributed by atoms with Crippen molar-refractivity contribution in [1.82, 2.24) is 5.12 Å². The Hall–Kier alpha value is -2.52. The minimum Gasteiger partial charge on any atom is -0.461 e. The van der Waals surface area contributed by atoms with Gasteiger partial charge in [0.25, 0.3) is 5.91 Å². The van der Waals surface area contributed by atoms with Gasteiger partial charge in [0.2, 0.25) is 5.91 Å². The summed E-state index contributed by atoms with van der Waals surface area (Å²) in [5.41, 5.74) is -1.64. The van der Waals surface area contributed by atoms with Gasteiger partial charge in [-0.1, -0.05) is 23.2 Å². The monoisotopic (exact) mass is 398 g/mol. The maximum absolute atomic E-state index is 13.0. The molecule has 0 N–H and O–H groups in total. The Morgan fingerprint density at radius 1 is 1.31 bits per heavy atom. The van der Waals surface area contributed by atoms with Crippen LogP contribution in [0.5, 0.6) is 0 Å². The highest BCUT2D eigenvalue weighted by atomic mass is 35.5. The first-order valence-corrected chi connectivity index (χ1v) is 8.30. The molecule has 1 spiro atoms. The van der Waals surface area contributed by atoms with Crippen molar-refractivity contribution in [2.75, 3.05) is 11.5 Å². The van der Waals surface area contributed by atoms with E-state index >= 15 is 0 Å². The van der Waals surface area contributed by atoms with E-state index in [2.05, 4.69) is 10.4 Å². The number of nitrogens with zero attached hydrogens (tertiary/aromatic N) is 4. The smallest absolute Gasteiger partial charge is 0.354 e. The van der Waals surface area contributed by atoms with E-state index in [0.717, 1.165) is 4.90 Å². The first-order valence-electron chi connectivity index (χ1n) is 7.54. The molecule has 1 fully saturated rings. The van der Waals surface area contributed by atoms with E-state index in [0.29, 0.717) is 5.12 Å². The quantitative estimate of drug-likeness (QED) is 0.437. The number of hydrogen-bond acceptors (Lipinski definition) is 7. The van der Waals surface area contributed by atoms with Gasteiger partial charge in [-0.3, -0.25) is 9.59 Å². The third kappa shape index (κ3) is 2.73. The van der Waals surface area contributed by atoms with Crippen molar-refractivity contribution in [1.29, 1.82) is 0 Å². The predicted octanol–water partition coefficient (Wildman–Crippen LogP) is 2.30. The van der Waals surface area contributed by atoms with E-state index < -0.39 is 23.3 Å². The number of anilines is 1. The lowest BCUT2D eigenvalue weighted by Gasteiger charge is -2.24. The van der Waals surface area contributed by atoms with Crippen LogP contribution in [0.15, 0.2) is 28.6 Å². The number of hydrazone groups is 1. The van der Waals surface area contributed by atoms with E-state index in [-0.39, 0.29) is 40.9 Å². The number of imide groups is 1. The zero-order valence-corrected chi connectivity index (χ0v) is 15.0. The Morgan fingerprint density at radius 3 is 2.65 bits per heavy atom. The molecule has 1 aromatic rings. The Kier molecular flexibility index (Phi) is 4.68. The molecule has 2 aliphatic rings. The Labute approximate surface area is 157 Å². The average molecular weight is 399 g/mol. The molecule has 3 rings (SSSR count). The maximum atomic E-state index is 13.0. The summed E-state index contributed by atoms with van der Waals surface area (Å²) in [6.07, 6.45) is -0.635. The van der Waals surface area contributed by atoms with Crippen LogP contribution in [-0.2, 0) is 19.1 Å². The van der Waals surface area contributed by atoms with E-state index in [1.807, 2.05) is 0 Å². The molecular weight excluding hydrogens is 387 g/mol. The number of carbonyl (C=O) groups excluding carboxylic acids is 3. The fourth-order valence-electron chi connectivity index (χ4n) is 2.92. The van der Waals surface area contributed by atoms with Crippen LogP contribution in [0.1, 0.15) is 19.8 Å². The van der Waals surface area contributed by atoms with Crippen molar-refractivity contribution >= 4 is 52.4 Å². The minimum absolute atomic E-state index is 0.0989. The average Bonchev–Trinajstić information content (AvgIpc) is 3.09. The molecule has 2 aliphatic heterocycles. The molecular formula is C15H12Cl2N4O5. The fraction of sp³-hybridized carbons (Fsp3) is 0.333. The predicted molar refractivity (Wildman–Crippen MR) is 92.6 cm³/mol. The molecule has 26 heavy (non-hydrogen) atoms. The van der Waals surface area contributed by atoms with E-state index in [1.54, 1.807) is 6.92 Å². The Balaban J connectivity index is 1.96. The van der Waals surface area contributed by atoms with Crippen LogP contribution in [0, 0.1) is 4.91 Å². The van der Waals surface area contributed by atoms with Crippen molar-refractivity contribution in [3.63, 3.8) is 0 Å². The summed E-state index contributed by atoms with van der Waals surface area (Å²) in [6, 6.07) is 4.25. The first kappa shape index (κ1) is 18.3. The molecule has 2 amide bonds. The van der Waals surface area contributed by atoms with Gasteiger partial charge in [-0.2, -0.15) is 0 Å². The second kappa shape index (κ2) is 6.65. The Morgan fingerprint density at radius 2 is 2.04 bits per heavy atom. The van der Waals surface area contributed by atoms with Crippen molar-refractivity contribution in [2.24, 2.45) is 10.4 Å². The first-order chi connectivity index (χ1) is 12.3. The number of carbonyl (C=O) groups is 3. The lowest BCUT2D eigenvalue weighted by Crippen LogP contribution is -2.48. The zero-order valence-electron chi connectivity index (χ0n) is 13.4. The van der Waals surface area contributed by atoms with Gasteiger partial charge < -0.3 is 4.74 Å². The second-order valence-corrected chi connectivity index (χ2v) is 6.47. The molecule has 1 atom stereocenters. The number of hydrogen-bond donors (Lipinski definition) is 0. The molecule has 11 heteroatoms. The van der Waals surface area contributed by atoms with Crippen LogP contribution >= 0.6 is 23.2 Å². The van der Waals surface area contributed by atoms with Gasteiger partial charge >= 0.3 is 5.97 Å². The molecule has 0 aliphatic carbocycles. The van der Waals surface area contributed by atoms with Crippen molar-refractivity contribution < 1.29 is 19.1 Å². The van der Waals surface area contributed by atoms with Gasteiger partial charge in [-0.05, 0) is 25.1 Å². The third-order valence-corrected chi connectivity index (χ3v) is 4.84. The van der Waals surface area contributed by atoms with Crippen LogP contribution in [0.4, 0.5) is 5.69 Å². The number of rotatable bonds is 4. The van der Waals surface area contributed by atoms with Gasteiger partial charge in [0, 0.05) is 6.42 Å². The normalized spacial score (nSPS) is 22.2. The molecule has 1 unspecified atom stereocenters. The third-order valence-electron chi connectivity index (χ3n) is 4.10. The summed E-state index contributed by atoms with van der Waals surface area (Å²) in [4.78, 5) is 49.5. The molecule has 136 valence electrons. The largest absolute Gasteiger partial charge is 0.461 e. The highest BCUT2D eigenvalue weighted by molar-refractivity contribution is 6.42. The standard InChI is InChI=1S/C15H12Cl2N4O5/c1-2-26-13(23)11-6-15(21(18-11)19-25)7-12(22)20(14(15)24)8-3-4-9(16)10(17)5-8/h3-5H,2,6-7H2,1H3. The molecule has 0 bridgehead atoms. The lowest BCUT2D eigenvalue weighted by molar-refractivity contribution is -0.135. The summed E-state index contributed by atoms with van der Waals surface area (Å²) in [6.45, 7) is 1.71. The SMILES string of the molecule is CCOC(=O)C1=NN(N=O)C2(CC(=O)N(c3ccc(Cl)c(Cl)c3)C2=O)C1. The molecule has 0 aromatic heterocycles. The van der Waals surface area contributed by atoms with Gasteiger partial charge in [0.05, 0.1) is 34.0 Å². The number of benzene rings is 1. The number of amides is 2. The van der Waals surface area contributed by atoms with Gasteiger partial charge in [-0.15, -0.1) is 15.1 Å². The number of halogens is 2. The molecule has 9 nitrogen and oxygen atoms in total. The van der Waals surface area contributed by atoms with Crippen LogP contribution in [0.2, 0.25) is 10.0 Å². The summed E-state index contributed by atoms with van der Waals surface area (Å²) in [5.74, 6) is -2.09. The van der Waals surface area contributed by atoms with Gasteiger partial charge in [-0.25, -0.2) is 9.69 Å². The summed E-state index contributed by atoms with van der Waals surface area (Å²) in [7, 11) is 0. The molecule has 0 radical (unpaired) electrons. The molecule has 1 saturated heterocycles. The van der Waals surface area contributed by atoms with Gasteiger partial charge in [0.15, 0.2) is 11.3 Å². The van der Waals surface area contributed by atoms with Crippen LogP contribution in [0.3, 0.4) is 0 Å². The number of esters is 1. The maximum Gasteiger partial charge on any atom is 0.354 e. The van der Waals surface area contributed by atoms with Gasteiger partial charge in [0.1, 0.15) is 0 Å². The van der Waals surface area contributed by atoms with Crippen molar-refractivity contribution in [3.05, 3.63) is 33.2 Å². The van der Waals surface area contributed by atoms with Crippen LogP contribution in [0.25, 0.3) is 0 Å². The highest BCUT2D eigenvalue weighted by Crippen LogP contribution is 2.41. The second-order valence-electron chi connectivity index (χ2n) is 5.66. The Bertz CT molecular complexity index is 858. The number of nitroso groups, excluding NO2 is 1. The lowest BCUT2D eigenvalue weighted by atomic mass is 9.92. The minimum atomic E-state index is -1.69. The topological polar surface area (TPSA) is 109 Å².